The quantitative estimate of drug-likeness (QED) is 0.709. The average molecular weight is 186 g/mol. The summed E-state index contributed by atoms with van der Waals surface area (Å²) in [5.74, 6) is 0.904. The van der Waals surface area contributed by atoms with E-state index in [1.807, 2.05) is 6.07 Å². The highest BCUT2D eigenvalue weighted by molar-refractivity contribution is 5.57. The maximum absolute atomic E-state index is 4.15. The highest BCUT2D eigenvalue weighted by atomic mass is 15.2. The number of nitrogens with one attached hydrogen (secondary N) is 2. The summed E-state index contributed by atoms with van der Waals surface area (Å²) < 4.78 is 0. The summed E-state index contributed by atoms with van der Waals surface area (Å²) in [5, 5.41) is 10.1. The standard InChI is InChI=1S/C10H10N4/c1-2-4-8-7(3-1)5-9(13-8)10-11-6-12-14-10/h1-4,6,9,13H,5H2,(H,11,12,14). The molecular formula is C10H10N4. The molecular weight excluding hydrogens is 176 g/mol. The molecule has 1 aromatic carbocycles. The molecule has 4 nitrogen and oxygen atoms in total. The van der Waals surface area contributed by atoms with E-state index in [9.17, 15) is 0 Å². The molecule has 0 aliphatic carbocycles. The molecule has 3 rings (SSSR count). The molecule has 1 aromatic heterocycles. The van der Waals surface area contributed by atoms with E-state index >= 15 is 0 Å². The van der Waals surface area contributed by atoms with Crippen molar-refractivity contribution in [2.45, 2.75) is 12.5 Å². The first-order valence-electron chi connectivity index (χ1n) is 4.63. The molecule has 1 aliphatic heterocycles. The fraction of sp³-hybridized carbons (Fsp3) is 0.200. The van der Waals surface area contributed by atoms with Crippen LogP contribution in [0.5, 0.6) is 0 Å². The lowest BCUT2D eigenvalue weighted by Gasteiger charge is -2.05. The third kappa shape index (κ3) is 1.08. The van der Waals surface area contributed by atoms with Crippen LogP contribution in [-0.4, -0.2) is 15.2 Å². The van der Waals surface area contributed by atoms with Crippen LogP contribution in [0.2, 0.25) is 0 Å². The maximum Gasteiger partial charge on any atom is 0.147 e. The Kier molecular flexibility index (Phi) is 1.53. The second-order valence-electron chi connectivity index (χ2n) is 3.43. The van der Waals surface area contributed by atoms with Crippen LogP contribution in [-0.2, 0) is 6.42 Å². The molecule has 0 spiro atoms. The summed E-state index contributed by atoms with van der Waals surface area (Å²) in [4.78, 5) is 4.15. The van der Waals surface area contributed by atoms with Gasteiger partial charge in [0, 0.05) is 12.1 Å². The minimum atomic E-state index is 0.245. The Balaban J connectivity index is 1.92. The Bertz CT molecular complexity index is 410. The fourth-order valence-electron chi connectivity index (χ4n) is 1.85. The van der Waals surface area contributed by atoms with Gasteiger partial charge in [-0.05, 0) is 11.6 Å². The van der Waals surface area contributed by atoms with Crippen molar-refractivity contribution in [3.63, 3.8) is 0 Å². The summed E-state index contributed by atoms with van der Waals surface area (Å²) in [6.45, 7) is 0. The second-order valence-corrected chi connectivity index (χ2v) is 3.43. The van der Waals surface area contributed by atoms with E-state index in [2.05, 4.69) is 38.7 Å². The van der Waals surface area contributed by atoms with E-state index in [-0.39, 0.29) is 6.04 Å². The van der Waals surface area contributed by atoms with E-state index in [1.54, 1.807) is 6.33 Å². The number of rotatable bonds is 1. The molecule has 2 heterocycles. The SMILES string of the molecule is c1ccc2c(c1)CC(c1ncn[nH]1)N2. The number of hydrogen-bond donors (Lipinski definition) is 2. The summed E-state index contributed by atoms with van der Waals surface area (Å²) in [5.41, 5.74) is 2.54. The van der Waals surface area contributed by atoms with Crippen molar-refractivity contribution in [1.82, 2.24) is 15.2 Å². The van der Waals surface area contributed by atoms with E-state index in [4.69, 9.17) is 0 Å². The van der Waals surface area contributed by atoms with Gasteiger partial charge >= 0.3 is 0 Å². The Labute approximate surface area is 81.4 Å². The van der Waals surface area contributed by atoms with Crippen LogP contribution >= 0.6 is 0 Å². The van der Waals surface area contributed by atoms with Gasteiger partial charge in [0.25, 0.3) is 0 Å². The van der Waals surface area contributed by atoms with Crippen LogP contribution in [0, 0.1) is 0 Å². The van der Waals surface area contributed by atoms with Gasteiger partial charge in [-0.25, -0.2) is 4.98 Å². The van der Waals surface area contributed by atoms with Crippen molar-refractivity contribution in [3.8, 4) is 0 Å². The number of aromatic nitrogens is 3. The van der Waals surface area contributed by atoms with Gasteiger partial charge in [-0.1, -0.05) is 18.2 Å². The van der Waals surface area contributed by atoms with Crippen LogP contribution in [0.15, 0.2) is 30.6 Å². The van der Waals surface area contributed by atoms with Gasteiger partial charge in [0.2, 0.25) is 0 Å². The van der Waals surface area contributed by atoms with Gasteiger partial charge in [-0.2, -0.15) is 5.10 Å². The minimum Gasteiger partial charge on any atom is -0.375 e. The highest BCUT2D eigenvalue weighted by Crippen LogP contribution is 2.31. The summed E-state index contributed by atoms with van der Waals surface area (Å²) in [6.07, 6.45) is 2.52. The molecule has 0 bridgehead atoms. The number of hydrogen-bond acceptors (Lipinski definition) is 3. The molecule has 70 valence electrons. The Hall–Kier alpha value is -1.84. The molecule has 0 amide bonds. The molecule has 0 fully saturated rings. The van der Waals surface area contributed by atoms with Gasteiger partial charge in [-0.15, -0.1) is 0 Å². The first-order chi connectivity index (χ1) is 6.93. The molecule has 2 aromatic rings. The van der Waals surface area contributed by atoms with Crippen molar-refractivity contribution in [1.29, 1.82) is 0 Å². The Morgan fingerprint density at radius 2 is 2.21 bits per heavy atom. The topological polar surface area (TPSA) is 53.6 Å². The monoisotopic (exact) mass is 186 g/mol. The van der Waals surface area contributed by atoms with Crippen molar-refractivity contribution in [2.24, 2.45) is 0 Å². The van der Waals surface area contributed by atoms with Crippen LogP contribution in [0.1, 0.15) is 17.4 Å². The molecule has 1 atom stereocenters. The van der Waals surface area contributed by atoms with Gasteiger partial charge in [0.15, 0.2) is 0 Å². The number of nitrogens with zero attached hydrogens (tertiary/aromatic N) is 2. The maximum atomic E-state index is 4.15. The third-order valence-corrected chi connectivity index (χ3v) is 2.53. The first kappa shape index (κ1) is 7.55. The normalized spacial score (nSPS) is 19.0. The predicted molar refractivity (Wildman–Crippen MR) is 52.9 cm³/mol. The van der Waals surface area contributed by atoms with E-state index in [0.717, 1.165) is 12.2 Å². The van der Waals surface area contributed by atoms with Gasteiger partial charge in [0.1, 0.15) is 12.2 Å². The van der Waals surface area contributed by atoms with Gasteiger partial charge in [0.05, 0.1) is 6.04 Å². The van der Waals surface area contributed by atoms with Gasteiger partial charge < -0.3 is 5.32 Å². The molecule has 0 saturated carbocycles. The Morgan fingerprint density at radius 1 is 1.29 bits per heavy atom. The third-order valence-electron chi connectivity index (χ3n) is 2.53. The number of para-hydroxylation sites is 1. The predicted octanol–water partition coefficient (Wildman–Crippen LogP) is 1.51. The lowest BCUT2D eigenvalue weighted by molar-refractivity contribution is 0.753. The number of H-pyrrole nitrogens is 1. The van der Waals surface area contributed by atoms with Gasteiger partial charge in [-0.3, -0.25) is 5.10 Å². The zero-order valence-electron chi connectivity index (χ0n) is 7.57. The van der Waals surface area contributed by atoms with E-state index in [0.29, 0.717) is 0 Å². The second kappa shape index (κ2) is 2.83. The minimum absolute atomic E-state index is 0.245. The average Bonchev–Trinajstić information content (AvgIpc) is 2.86. The Morgan fingerprint density at radius 3 is 3.00 bits per heavy atom. The number of benzene rings is 1. The van der Waals surface area contributed by atoms with E-state index in [1.165, 1.54) is 11.3 Å². The summed E-state index contributed by atoms with van der Waals surface area (Å²) in [6, 6.07) is 8.57. The summed E-state index contributed by atoms with van der Waals surface area (Å²) >= 11 is 0. The van der Waals surface area contributed by atoms with Crippen LogP contribution in [0.3, 0.4) is 0 Å². The molecule has 4 heteroatoms. The summed E-state index contributed by atoms with van der Waals surface area (Å²) in [7, 11) is 0. The van der Waals surface area contributed by atoms with Crippen molar-refractivity contribution < 1.29 is 0 Å². The molecule has 0 saturated heterocycles. The van der Waals surface area contributed by atoms with Crippen LogP contribution < -0.4 is 5.32 Å². The zero-order chi connectivity index (χ0) is 9.38. The van der Waals surface area contributed by atoms with Crippen molar-refractivity contribution in [3.05, 3.63) is 42.0 Å². The molecule has 1 unspecified atom stereocenters. The molecule has 1 aliphatic rings. The largest absolute Gasteiger partial charge is 0.375 e. The first-order valence-corrected chi connectivity index (χ1v) is 4.63. The van der Waals surface area contributed by atoms with Crippen molar-refractivity contribution >= 4 is 5.69 Å². The lowest BCUT2D eigenvalue weighted by Crippen LogP contribution is -2.07. The zero-order valence-corrected chi connectivity index (χ0v) is 7.57. The lowest BCUT2D eigenvalue weighted by atomic mass is 10.1. The number of fused-ring (bicyclic) bond motifs is 1. The van der Waals surface area contributed by atoms with E-state index < -0.39 is 0 Å². The molecule has 2 N–H and O–H groups in total. The highest BCUT2D eigenvalue weighted by Gasteiger charge is 2.23. The van der Waals surface area contributed by atoms with Crippen molar-refractivity contribution in [2.75, 3.05) is 5.32 Å². The van der Waals surface area contributed by atoms with Crippen LogP contribution in [0.25, 0.3) is 0 Å². The number of anilines is 1. The fourth-order valence-corrected chi connectivity index (χ4v) is 1.85. The molecule has 0 radical (unpaired) electrons. The number of aromatic amines is 1. The van der Waals surface area contributed by atoms with Crippen LogP contribution in [0.4, 0.5) is 5.69 Å². The smallest absolute Gasteiger partial charge is 0.147 e. The molecule has 14 heavy (non-hydrogen) atoms.